The van der Waals surface area contributed by atoms with Gasteiger partial charge in [0, 0.05) is 18.8 Å². The maximum absolute atomic E-state index is 13.1. The number of anilines is 1. The van der Waals surface area contributed by atoms with E-state index in [2.05, 4.69) is 10.3 Å². The van der Waals surface area contributed by atoms with Crippen LogP contribution in [0.2, 0.25) is 0 Å². The summed E-state index contributed by atoms with van der Waals surface area (Å²) in [6, 6.07) is 7.11. The van der Waals surface area contributed by atoms with Crippen LogP contribution in [0.3, 0.4) is 0 Å². The van der Waals surface area contributed by atoms with Gasteiger partial charge in [-0.3, -0.25) is 4.79 Å². The van der Waals surface area contributed by atoms with Crippen LogP contribution in [-0.4, -0.2) is 56.5 Å². The van der Waals surface area contributed by atoms with Crippen molar-refractivity contribution in [3.05, 3.63) is 41.2 Å². The number of amides is 1. The molecule has 9 heteroatoms. The lowest BCUT2D eigenvalue weighted by atomic mass is 10.2. The molecule has 2 N–H and O–H groups in total. The quantitative estimate of drug-likeness (QED) is 0.765. The average molecular weight is 407 g/mol. The first-order valence-corrected chi connectivity index (χ1v) is 10.6. The maximum atomic E-state index is 13.1. The number of ether oxygens (including phenoxy) is 2. The minimum atomic E-state index is -3.71. The third-order valence-electron chi connectivity index (χ3n) is 4.60. The molecule has 0 unspecified atom stereocenters. The van der Waals surface area contributed by atoms with Crippen LogP contribution in [0, 0.1) is 13.8 Å². The fraction of sp³-hybridized carbons (Fsp3) is 0.421. The minimum absolute atomic E-state index is 0.151. The lowest BCUT2D eigenvalue weighted by Crippen LogP contribution is -2.40. The first kappa shape index (κ1) is 20.4. The Morgan fingerprint density at radius 1 is 1.25 bits per heavy atom. The van der Waals surface area contributed by atoms with Crippen molar-refractivity contribution in [3.63, 3.8) is 0 Å². The summed E-state index contributed by atoms with van der Waals surface area (Å²) in [4.78, 5) is 15.9. The Morgan fingerprint density at radius 3 is 2.61 bits per heavy atom. The Kier molecular flexibility index (Phi) is 6.07. The number of sulfonamides is 1. The number of carbonyl (C=O) groups excluding carboxylic acids is 1. The van der Waals surface area contributed by atoms with Crippen LogP contribution in [-0.2, 0) is 14.8 Å². The second-order valence-electron chi connectivity index (χ2n) is 6.48. The van der Waals surface area contributed by atoms with Gasteiger partial charge in [-0.25, -0.2) is 8.42 Å². The van der Waals surface area contributed by atoms with Crippen molar-refractivity contribution in [1.82, 2.24) is 9.29 Å². The van der Waals surface area contributed by atoms with Gasteiger partial charge < -0.3 is 19.8 Å². The van der Waals surface area contributed by atoms with Crippen molar-refractivity contribution in [2.75, 3.05) is 38.2 Å². The molecule has 0 aliphatic carbocycles. The van der Waals surface area contributed by atoms with Crippen molar-refractivity contribution >= 4 is 21.6 Å². The predicted octanol–water partition coefficient (Wildman–Crippen LogP) is 2.30. The number of para-hydroxylation sites is 2. The van der Waals surface area contributed by atoms with E-state index in [1.54, 1.807) is 32.0 Å². The fourth-order valence-corrected chi connectivity index (χ4v) is 5.11. The molecule has 1 aromatic heterocycles. The van der Waals surface area contributed by atoms with Gasteiger partial charge >= 0.3 is 0 Å². The second-order valence-corrected chi connectivity index (χ2v) is 8.35. The van der Waals surface area contributed by atoms with E-state index in [9.17, 15) is 13.2 Å². The number of H-pyrrole nitrogens is 1. The third kappa shape index (κ3) is 3.91. The third-order valence-corrected chi connectivity index (χ3v) is 6.77. The highest BCUT2D eigenvalue weighted by molar-refractivity contribution is 7.89. The van der Waals surface area contributed by atoms with E-state index in [-0.39, 0.29) is 10.6 Å². The van der Waals surface area contributed by atoms with Crippen LogP contribution in [0.25, 0.3) is 0 Å². The van der Waals surface area contributed by atoms with Gasteiger partial charge in [0.1, 0.15) is 16.3 Å². The first-order valence-electron chi connectivity index (χ1n) is 9.16. The van der Waals surface area contributed by atoms with Gasteiger partial charge in [-0.1, -0.05) is 12.1 Å². The zero-order valence-electron chi connectivity index (χ0n) is 16.2. The molecule has 1 fully saturated rings. The van der Waals surface area contributed by atoms with E-state index in [0.717, 1.165) is 0 Å². The summed E-state index contributed by atoms with van der Waals surface area (Å²) in [7, 11) is -3.71. The maximum Gasteiger partial charge on any atom is 0.272 e. The molecule has 1 aromatic carbocycles. The Bertz CT molecular complexity index is 962. The van der Waals surface area contributed by atoms with E-state index in [1.807, 2.05) is 13.0 Å². The molecule has 1 aliphatic heterocycles. The summed E-state index contributed by atoms with van der Waals surface area (Å²) in [5.41, 5.74) is 1.58. The Balaban J connectivity index is 1.90. The van der Waals surface area contributed by atoms with Gasteiger partial charge in [0.05, 0.1) is 25.5 Å². The molecule has 2 aromatic rings. The van der Waals surface area contributed by atoms with E-state index in [1.165, 1.54) is 4.31 Å². The highest BCUT2D eigenvalue weighted by Crippen LogP contribution is 2.29. The van der Waals surface area contributed by atoms with Crippen LogP contribution in [0.5, 0.6) is 5.75 Å². The summed E-state index contributed by atoms with van der Waals surface area (Å²) < 4.78 is 38.3. The smallest absolute Gasteiger partial charge is 0.272 e. The van der Waals surface area contributed by atoms with Crippen molar-refractivity contribution < 1.29 is 22.7 Å². The summed E-state index contributed by atoms with van der Waals surface area (Å²) in [6.07, 6.45) is 0. The Hall–Kier alpha value is -2.36. The number of benzene rings is 1. The molecule has 1 saturated heterocycles. The van der Waals surface area contributed by atoms with Gasteiger partial charge in [-0.05, 0) is 38.5 Å². The first-order chi connectivity index (χ1) is 13.4. The zero-order chi connectivity index (χ0) is 20.3. The zero-order valence-corrected chi connectivity index (χ0v) is 17.1. The molecule has 0 atom stereocenters. The SMILES string of the molecule is CCOc1ccccc1NC(=O)c1[nH]c(C)c(S(=O)(=O)N2CCOCC2)c1C. The summed E-state index contributed by atoms with van der Waals surface area (Å²) >= 11 is 0. The largest absolute Gasteiger partial charge is 0.492 e. The van der Waals surface area contributed by atoms with E-state index in [0.29, 0.717) is 55.6 Å². The highest BCUT2D eigenvalue weighted by Gasteiger charge is 2.32. The normalized spacial score (nSPS) is 15.4. The number of hydrogen-bond acceptors (Lipinski definition) is 5. The number of nitrogens with one attached hydrogen (secondary N) is 2. The fourth-order valence-electron chi connectivity index (χ4n) is 3.30. The number of nitrogens with zero attached hydrogens (tertiary/aromatic N) is 1. The molecule has 1 aliphatic rings. The van der Waals surface area contributed by atoms with E-state index >= 15 is 0 Å². The van der Waals surface area contributed by atoms with Crippen LogP contribution in [0.4, 0.5) is 5.69 Å². The average Bonchev–Trinajstić information content (AvgIpc) is 2.99. The van der Waals surface area contributed by atoms with Gasteiger partial charge in [0.15, 0.2) is 0 Å². The molecule has 0 bridgehead atoms. The van der Waals surface area contributed by atoms with Crippen molar-refractivity contribution in [1.29, 1.82) is 0 Å². The molecule has 0 spiro atoms. The molecule has 152 valence electrons. The molecular weight excluding hydrogens is 382 g/mol. The lowest BCUT2D eigenvalue weighted by molar-refractivity contribution is 0.0730. The minimum Gasteiger partial charge on any atom is -0.492 e. The van der Waals surface area contributed by atoms with Crippen LogP contribution in [0.1, 0.15) is 28.7 Å². The van der Waals surface area contributed by atoms with Gasteiger partial charge in [-0.15, -0.1) is 0 Å². The van der Waals surface area contributed by atoms with E-state index < -0.39 is 15.9 Å². The molecular formula is C19H25N3O5S. The Morgan fingerprint density at radius 2 is 1.93 bits per heavy atom. The molecule has 8 nitrogen and oxygen atoms in total. The molecule has 0 saturated carbocycles. The van der Waals surface area contributed by atoms with Gasteiger partial charge in [0.25, 0.3) is 5.91 Å². The monoisotopic (exact) mass is 407 g/mol. The standard InChI is InChI=1S/C19H25N3O5S/c1-4-27-16-8-6-5-7-15(16)21-19(23)17-13(2)18(14(3)20-17)28(24,25)22-9-11-26-12-10-22/h5-8,20H,4,9-12H2,1-3H3,(H,21,23). The second kappa shape index (κ2) is 8.34. The van der Waals surface area contributed by atoms with E-state index in [4.69, 9.17) is 9.47 Å². The molecule has 3 rings (SSSR count). The van der Waals surface area contributed by atoms with Crippen LogP contribution in [0.15, 0.2) is 29.2 Å². The summed E-state index contributed by atoms with van der Waals surface area (Å²) in [5, 5.41) is 2.80. The molecule has 28 heavy (non-hydrogen) atoms. The number of rotatable bonds is 6. The topological polar surface area (TPSA) is 101 Å². The number of hydrogen-bond donors (Lipinski definition) is 2. The summed E-state index contributed by atoms with van der Waals surface area (Å²) in [5.74, 6) is 0.136. The molecule has 0 radical (unpaired) electrons. The van der Waals surface area contributed by atoms with Crippen LogP contribution >= 0.6 is 0 Å². The van der Waals surface area contributed by atoms with Crippen molar-refractivity contribution in [2.24, 2.45) is 0 Å². The summed E-state index contributed by atoms with van der Waals surface area (Å²) in [6.45, 7) is 6.96. The van der Waals surface area contributed by atoms with Crippen molar-refractivity contribution in [3.8, 4) is 5.75 Å². The van der Waals surface area contributed by atoms with Gasteiger partial charge in [0.2, 0.25) is 10.0 Å². The van der Waals surface area contributed by atoms with Crippen molar-refractivity contribution in [2.45, 2.75) is 25.7 Å². The number of aromatic nitrogens is 1. The lowest BCUT2D eigenvalue weighted by Gasteiger charge is -2.26. The highest BCUT2D eigenvalue weighted by atomic mass is 32.2. The molecule has 2 heterocycles. The number of aromatic amines is 1. The van der Waals surface area contributed by atoms with Gasteiger partial charge in [-0.2, -0.15) is 4.31 Å². The Labute approximate surface area is 164 Å². The molecule has 1 amide bonds. The number of aryl methyl sites for hydroxylation is 1. The number of morpholine rings is 1. The van der Waals surface area contributed by atoms with Crippen LogP contribution < -0.4 is 10.1 Å². The predicted molar refractivity (Wildman–Crippen MR) is 105 cm³/mol. The number of carbonyl (C=O) groups is 1.